The van der Waals surface area contributed by atoms with Crippen molar-refractivity contribution in [2.45, 2.75) is 84.8 Å². The highest BCUT2D eigenvalue weighted by Gasteiger charge is 2.61. The van der Waals surface area contributed by atoms with Crippen molar-refractivity contribution in [3.63, 3.8) is 0 Å². The minimum Gasteiger partial charge on any atom is -0.396 e. The van der Waals surface area contributed by atoms with Crippen LogP contribution in [0.4, 0.5) is 0 Å². The van der Waals surface area contributed by atoms with Crippen molar-refractivity contribution in [2.75, 3.05) is 12.8 Å². The lowest BCUT2D eigenvalue weighted by molar-refractivity contribution is -0.0556. The van der Waals surface area contributed by atoms with E-state index in [0.29, 0.717) is 6.16 Å². The van der Waals surface area contributed by atoms with Gasteiger partial charge < -0.3 is 5.11 Å². The predicted molar refractivity (Wildman–Crippen MR) is 89.2 cm³/mol. The zero-order chi connectivity index (χ0) is 16.9. The lowest BCUT2D eigenvalue weighted by atomic mass is 9.74. The molecule has 130 valence electrons. The lowest BCUT2D eigenvalue weighted by Gasteiger charge is -2.40. The Balaban J connectivity index is 2.14. The molecule has 22 heavy (non-hydrogen) atoms. The predicted octanol–water partition coefficient (Wildman–Crippen LogP) is 4.75. The summed E-state index contributed by atoms with van der Waals surface area (Å²) in [5.41, 5.74) is -1.25. The van der Waals surface area contributed by atoms with E-state index in [2.05, 4.69) is 27.7 Å². The van der Waals surface area contributed by atoms with Gasteiger partial charge in [0.25, 0.3) is 0 Å². The molecule has 0 radical (unpaired) electrons. The molecule has 2 rings (SSSR count). The van der Waals surface area contributed by atoms with Crippen LogP contribution in [0, 0.1) is 10.8 Å². The Morgan fingerprint density at radius 2 is 1.45 bits per heavy atom. The first-order valence-electron chi connectivity index (χ1n) is 8.46. The second-order valence-electron chi connectivity index (χ2n) is 9.28. The summed E-state index contributed by atoms with van der Waals surface area (Å²) in [5, 5.41) is 9.50. The van der Waals surface area contributed by atoms with Gasteiger partial charge in [0.05, 0.1) is 6.16 Å². The van der Waals surface area contributed by atoms with Crippen LogP contribution >= 0.6 is 7.60 Å². The van der Waals surface area contributed by atoms with E-state index >= 15 is 0 Å². The largest absolute Gasteiger partial charge is 0.396 e. The first-order chi connectivity index (χ1) is 9.85. The van der Waals surface area contributed by atoms with E-state index in [9.17, 15) is 9.67 Å². The normalized spacial score (nSPS) is 39.8. The van der Waals surface area contributed by atoms with Gasteiger partial charge >= 0.3 is 7.60 Å². The zero-order valence-electron chi connectivity index (χ0n) is 15.1. The molecule has 1 aliphatic heterocycles. The van der Waals surface area contributed by atoms with Crippen LogP contribution in [0.15, 0.2) is 0 Å². The molecular formula is C17H33O4P. The highest BCUT2D eigenvalue weighted by Crippen LogP contribution is 2.69. The molecule has 0 aromatic rings. The van der Waals surface area contributed by atoms with Gasteiger partial charge in [0.15, 0.2) is 0 Å². The summed E-state index contributed by atoms with van der Waals surface area (Å²) < 4.78 is 25.5. The molecule has 1 heterocycles. The van der Waals surface area contributed by atoms with Crippen molar-refractivity contribution in [1.29, 1.82) is 0 Å². The number of aliphatic hydroxyl groups is 1. The topological polar surface area (TPSA) is 55.8 Å². The van der Waals surface area contributed by atoms with E-state index in [0.717, 1.165) is 32.1 Å². The average Bonchev–Trinajstić information content (AvgIpc) is 2.51. The molecule has 2 atom stereocenters. The lowest BCUT2D eigenvalue weighted by Crippen LogP contribution is -2.49. The summed E-state index contributed by atoms with van der Waals surface area (Å²) in [6, 6.07) is 0. The Morgan fingerprint density at radius 3 is 1.86 bits per heavy atom. The summed E-state index contributed by atoms with van der Waals surface area (Å²) in [5.74, 6) is 0. The number of aliphatic hydroxyl groups excluding tert-OH is 1. The van der Waals surface area contributed by atoms with Gasteiger partial charge in [-0.15, -0.1) is 0 Å². The van der Waals surface area contributed by atoms with Crippen LogP contribution in [0.25, 0.3) is 0 Å². The molecule has 2 unspecified atom stereocenters. The molecule has 0 spiro atoms. The molecule has 5 heteroatoms. The quantitative estimate of drug-likeness (QED) is 0.738. The molecular weight excluding hydrogens is 299 g/mol. The van der Waals surface area contributed by atoms with Gasteiger partial charge in [-0.1, -0.05) is 40.5 Å². The third kappa shape index (κ3) is 3.61. The van der Waals surface area contributed by atoms with Crippen molar-refractivity contribution in [3.05, 3.63) is 0 Å². The Hall–Kier alpha value is 0.110. The summed E-state index contributed by atoms with van der Waals surface area (Å²) in [6.07, 6.45) is 5.23. The van der Waals surface area contributed by atoms with E-state index in [-0.39, 0.29) is 17.4 Å². The molecule has 0 aromatic heterocycles. The SMILES string of the molecule is CC(C)(CO)CC(C)(C)CP1(=O)OC2(C)CCCCC2(C)O1. The summed E-state index contributed by atoms with van der Waals surface area (Å²) in [4.78, 5) is 0. The van der Waals surface area contributed by atoms with Crippen LogP contribution in [0.2, 0.25) is 0 Å². The number of rotatable bonds is 5. The van der Waals surface area contributed by atoms with Gasteiger partial charge in [0.2, 0.25) is 0 Å². The zero-order valence-corrected chi connectivity index (χ0v) is 16.0. The van der Waals surface area contributed by atoms with Crippen LogP contribution in [0.1, 0.15) is 73.6 Å². The van der Waals surface area contributed by atoms with E-state index in [1.54, 1.807) is 0 Å². The summed E-state index contributed by atoms with van der Waals surface area (Å²) in [7, 11) is -3.11. The molecule has 2 fully saturated rings. The fourth-order valence-electron chi connectivity index (χ4n) is 4.37. The van der Waals surface area contributed by atoms with Crippen LogP contribution in [-0.4, -0.2) is 29.1 Å². The Bertz CT molecular complexity index is 449. The Morgan fingerprint density at radius 1 is 1.00 bits per heavy atom. The maximum absolute atomic E-state index is 13.3. The Labute approximate surface area is 135 Å². The molecule has 1 saturated heterocycles. The maximum atomic E-state index is 13.3. The van der Waals surface area contributed by atoms with Crippen molar-refractivity contribution < 1.29 is 18.7 Å². The van der Waals surface area contributed by atoms with Gasteiger partial charge in [0, 0.05) is 6.61 Å². The van der Waals surface area contributed by atoms with E-state index in [1.807, 2.05) is 13.8 Å². The van der Waals surface area contributed by atoms with Crippen molar-refractivity contribution in [2.24, 2.45) is 10.8 Å². The highest BCUT2D eigenvalue weighted by molar-refractivity contribution is 7.54. The van der Waals surface area contributed by atoms with Gasteiger partial charge in [-0.05, 0) is 43.9 Å². The van der Waals surface area contributed by atoms with E-state index in [4.69, 9.17) is 9.05 Å². The standard InChI is InChI=1S/C17H33O4P/c1-14(2,12-18)11-15(3,4)13-22(19)20-16(5)9-7-8-10-17(16,6)21-22/h18H,7-13H2,1-6H3. The summed E-state index contributed by atoms with van der Waals surface area (Å²) >= 11 is 0. The number of hydrogen-bond donors (Lipinski definition) is 1. The first kappa shape index (κ1) is 18.4. The smallest absolute Gasteiger partial charge is 0.332 e. The Kier molecular flexibility index (Phi) is 4.68. The molecule has 4 nitrogen and oxygen atoms in total. The molecule has 2 aliphatic rings. The second-order valence-corrected chi connectivity index (χ2v) is 11.2. The molecule has 1 aliphatic carbocycles. The van der Waals surface area contributed by atoms with Crippen LogP contribution < -0.4 is 0 Å². The monoisotopic (exact) mass is 332 g/mol. The fraction of sp³-hybridized carbons (Fsp3) is 1.00. The van der Waals surface area contributed by atoms with Crippen LogP contribution in [-0.2, 0) is 13.6 Å². The fourth-order valence-corrected chi connectivity index (χ4v) is 7.49. The van der Waals surface area contributed by atoms with Crippen molar-refractivity contribution in [1.82, 2.24) is 0 Å². The van der Waals surface area contributed by atoms with Crippen molar-refractivity contribution >= 4 is 7.60 Å². The maximum Gasteiger partial charge on any atom is 0.332 e. The minimum atomic E-state index is -3.11. The molecule has 0 bridgehead atoms. The molecule has 1 N–H and O–H groups in total. The van der Waals surface area contributed by atoms with E-state index in [1.165, 1.54) is 0 Å². The summed E-state index contributed by atoms with van der Waals surface area (Å²) in [6.45, 7) is 12.5. The van der Waals surface area contributed by atoms with Gasteiger partial charge in [-0.2, -0.15) is 0 Å². The first-order valence-corrected chi connectivity index (χ1v) is 10.2. The average molecular weight is 332 g/mol. The number of fused-ring (bicyclic) bond motifs is 1. The van der Waals surface area contributed by atoms with Crippen LogP contribution in [0.3, 0.4) is 0 Å². The highest BCUT2D eigenvalue weighted by atomic mass is 31.2. The van der Waals surface area contributed by atoms with Gasteiger partial charge in [0.1, 0.15) is 11.2 Å². The van der Waals surface area contributed by atoms with E-state index < -0.39 is 18.8 Å². The third-order valence-corrected chi connectivity index (χ3v) is 7.97. The molecule has 0 aromatic carbocycles. The minimum absolute atomic E-state index is 0.123. The second kappa shape index (κ2) is 5.58. The third-order valence-electron chi connectivity index (χ3n) is 5.36. The number of hydrogen-bond acceptors (Lipinski definition) is 4. The molecule has 0 amide bonds. The van der Waals surface area contributed by atoms with Gasteiger partial charge in [-0.3, -0.25) is 13.6 Å². The van der Waals surface area contributed by atoms with Crippen molar-refractivity contribution in [3.8, 4) is 0 Å². The molecule has 1 saturated carbocycles. The van der Waals surface area contributed by atoms with Gasteiger partial charge in [-0.25, -0.2) is 0 Å². The van der Waals surface area contributed by atoms with Crippen LogP contribution in [0.5, 0.6) is 0 Å².